The smallest absolute Gasteiger partial charge is 0.338 e. The Balaban J connectivity index is 1.42. The number of esters is 1. The fourth-order valence-corrected chi connectivity index (χ4v) is 3.67. The molecule has 0 bridgehead atoms. The Hall–Kier alpha value is -3.55. The highest BCUT2D eigenvalue weighted by Gasteiger charge is 2.35. The fraction of sp³-hybridized carbons (Fsp3) is 0.0455. The molecular formula is C22H12Cl2N2O5. The van der Waals surface area contributed by atoms with E-state index in [1.807, 2.05) is 6.07 Å². The number of amides is 2. The zero-order valence-electron chi connectivity index (χ0n) is 15.6. The standard InChI is InChI=1S/C22H12Cl2N2O5/c23-17-5-2-13(8-18(17)24)26-21(28)16(20(27)25-26)9-14-3-6-19(31-14)11-1-4-15-12(7-11)10-30-22(15)29/h1-9H,10H2,(H,25,27). The SMILES string of the molecule is O=C1NN(c2ccc(Cl)c(Cl)c2)C(=O)C1=Cc1ccc(-c2ccc3c(c2)COC3=O)o1. The first-order valence-corrected chi connectivity index (χ1v) is 9.89. The molecule has 0 atom stereocenters. The van der Waals surface area contributed by atoms with E-state index in [1.54, 1.807) is 30.3 Å². The molecule has 2 amide bonds. The van der Waals surface area contributed by atoms with Gasteiger partial charge in [0.05, 0.1) is 21.3 Å². The van der Waals surface area contributed by atoms with E-state index in [0.717, 1.165) is 16.1 Å². The predicted octanol–water partition coefficient (Wildman–Crippen LogP) is 4.39. The number of nitrogens with one attached hydrogen (secondary N) is 1. The first-order chi connectivity index (χ1) is 14.9. The third-order valence-corrected chi connectivity index (χ3v) is 5.67. The molecule has 0 radical (unpaired) electrons. The lowest BCUT2D eigenvalue weighted by Crippen LogP contribution is -2.35. The summed E-state index contributed by atoms with van der Waals surface area (Å²) in [4.78, 5) is 36.7. The van der Waals surface area contributed by atoms with Crippen molar-refractivity contribution in [3.8, 4) is 11.3 Å². The summed E-state index contributed by atoms with van der Waals surface area (Å²) in [5, 5.41) is 1.69. The van der Waals surface area contributed by atoms with Crippen molar-refractivity contribution >= 4 is 52.7 Å². The highest BCUT2D eigenvalue weighted by atomic mass is 35.5. The van der Waals surface area contributed by atoms with Crippen LogP contribution in [0, 0.1) is 0 Å². The number of ether oxygens (including phenoxy) is 1. The number of cyclic esters (lactones) is 1. The Morgan fingerprint density at radius 1 is 0.968 bits per heavy atom. The van der Waals surface area contributed by atoms with E-state index in [9.17, 15) is 14.4 Å². The zero-order chi connectivity index (χ0) is 21.7. The summed E-state index contributed by atoms with van der Waals surface area (Å²) < 4.78 is 10.8. The average Bonchev–Trinajstić information content (AvgIpc) is 3.45. The van der Waals surface area contributed by atoms with Crippen LogP contribution >= 0.6 is 23.2 Å². The molecule has 1 fully saturated rings. The molecule has 3 aromatic rings. The molecule has 0 aliphatic carbocycles. The molecule has 1 N–H and O–H groups in total. The number of rotatable bonds is 3. The van der Waals surface area contributed by atoms with Crippen molar-refractivity contribution in [1.82, 2.24) is 5.43 Å². The van der Waals surface area contributed by atoms with Crippen molar-refractivity contribution in [3.63, 3.8) is 0 Å². The topological polar surface area (TPSA) is 88.9 Å². The molecule has 31 heavy (non-hydrogen) atoms. The summed E-state index contributed by atoms with van der Waals surface area (Å²) in [7, 11) is 0. The molecular weight excluding hydrogens is 443 g/mol. The number of hydrazine groups is 1. The van der Waals surface area contributed by atoms with Crippen molar-refractivity contribution in [1.29, 1.82) is 0 Å². The Bertz CT molecular complexity index is 1310. The van der Waals surface area contributed by atoms with Crippen LogP contribution in [0.25, 0.3) is 17.4 Å². The highest BCUT2D eigenvalue weighted by Crippen LogP contribution is 2.31. The van der Waals surface area contributed by atoms with Crippen LogP contribution in [0.4, 0.5) is 5.69 Å². The Morgan fingerprint density at radius 2 is 1.81 bits per heavy atom. The first kappa shape index (κ1) is 19.4. The fourth-order valence-electron chi connectivity index (χ4n) is 3.38. The third-order valence-electron chi connectivity index (χ3n) is 4.93. The first-order valence-electron chi connectivity index (χ1n) is 9.13. The van der Waals surface area contributed by atoms with Crippen LogP contribution in [-0.4, -0.2) is 17.8 Å². The van der Waals surface area contributed by atoms with Gasteiger partial charge in [-0.1, -0.05) is 29.3 Å². The van der Waals surface area contributed by atoms with E-state index in [0.29, 0.717) is 27.8 Å². The van der Waals surface area contributed by atoms with Crippen molar-refractivity contribution < 1.29 is 23.5 Å². The van der Waals surface area contributed by atoms with E-state index < -0.39 is 11.8 Å². The molecule has 7 nitrogen and oxygen atoms in total. The van der Waals surface area contributed by atoms with E-state index in [-0.39, 0.29) is 23.2 Å². The quantitative estimate of drug-likeness (QED) is 0.360. The Labute approximate surface area is 185 Å². The lowest BCUT2D eigenvalue weighted by molar-refractivity contribution is -0.117. The number of halogens is 2. The third kappa shape index (κ3) is 3.37. The summed E-state index contributed by atoms with van der Waals surface area (Å²) in [5.41, 5.74) is 4.86. The number of carbonyl (C=O) groups excluding carboxylic acids is 3. The summed E-state index contributed by atoms with van der Waals surface area (Å²) in [5.74, 6) is -0.598. The summed E-state index contributed by atoms with van der Waals surface area (Å²) in [6, 6.07) is 13.2. The maximum absolute atomic E-state index is 12.8. The molecule has 0 saturated carbocycles. The van der Waals surface area contributed by atoms with E-state index >= 15 is 0 Å². The molecule has 154 valence electrons. The summed E-state index contributed by atoms with van der Waals surface area (Å²) in [6.45, 7) is 0.221. The minimum atomic E-state index is -0.567. The monoisotopic (exact) mass is 454 g/mol. The average molecular weight is 455 g/mol. The molecule has 5 rings (SSSR count). The number of hydrogen-bond acceptors (Lipinski definition) is 5. The van der Waals surface area contributed by atoms with Crippen LogP contribution in [0.1, 0.15) is 21.7 Å². The molecule has 0 unspecified atom stereocenters. The predicted molar refractivity (Wildman–Crippen MR) is 113 cm³/mol. The second-order valence-electron chi connectivity index (χ2n) is 6.89. The largest absolute Gasteiger partial charge is 0.457 e. The van der Waals surface area contributed by atoms with Gasteiger partial charge in [0.15, 0.2) is 0 Å². The number of benzene rings is 2. The number of nitrogens with zero attached hydrogens (tertiary/aromatic N) is 1. The zero-order valence-corrected chi connectivity index (χ0v) is 17.2. The minimum Gasteiger partial charge on any atom is -0.457 e. The number of hydrogen-bond donors (Lipinski definition) is 1. The van der Waals surface area contributed by atoms with Crippen molar-refractivity contribution in [2.24, 2.45) is 0 Å². The van der Waals surface area contributed by atoms with Crippen LogP contribution in [0.3, 0.4) is 0 Å². The van der Waals surface area contributed by atoms with Gasteiger partial charge in [-0.05, 0) is 48.5 Å². The minimum absolute atomic E-state index is 0.0834. The summed E-state index contributed by atoms with van der Waals surface area (Å²) in [6.07, 6.45) is 1.37. The van der Waals surface area contributed by atoms with Gasteiger partial charge in [0.2, 0.25) is 0 Å². The molecule has 9 heteroatoms. The molecule has 2 aromatic carbocycles. The summed E-state index contributed by atoms with van der Waals surface area (Å²) >= 11 is 11.9. The van der Waals surface area contributed by atoms with Gasteiger partial charge in [0.25, 0.3) is 11.8 Å². The van der Waals surface area contributed by atoms with Gasteiger partial charge in [0.1, 0.15) is 23.7 Å². The van der Waals surface area contributed by atoms with Gasteiger partial charge in [-0.25, -0.2) is 9.80 Å². The number of furan rings is 1. The van der Waals surface area contributed by atoms with Crippen molar-refractivity contribution in [2.45, 2.75) is 6.61 Å². The normalized spacial score (nSPS) is 16.6. The molecule has 1 saturated heterocycles. The second kappa shape index (κ2) is 7.30. The van der Waals surface area contributed by atoms with Gasteiger partial charge < -0.3 is 9.15 Å². The van der Waals surface area contributed by atoms with Crippen LogP contribution in [0.5, 0.6) is 0 Å². The molecule has 2 aliphatic rings. The number of anilines is 1. The van der Waals surface area contributed by atoms with Crippen LogP contribution in [-0.2, 0) is 20.9 Å². The van der Waals surface area contributed by atoms with E-state index in [2.05, 4.69) is 5.43 Å². The maximum atomic E-state index is 12.8. The van der Waals surface area contributed by atoms with E-state index in [1.165, 1.54) is 18.2 Å². The lowest BCUT2D eigenvalue weighted by Gasteiger charge is -2.15. The number of carbonyl (C=O) groups is 3. The Morgan fingerprint density at radius 3 is 2.61 bits per heavy atom. The van der Waals surface area contributed by atoms with Gasteiger partial charge in [-0.2, -0.15) is 0 Å². The van der Waals surface area contributed by atoms with Gasteiger partial charge in [0, 0.05) is 11.1 Å². The van der Waals surface area contributed by atoms with Crippen molar-refractivity contribution in [3.05, 3.63) is 81.0 Å². The van der Waals surface area contributed by atoms with E-state index in [4.69, 9.17) is 32.4 Å². The van der Waals surface area contributed by atoms with Gasteiger partial charge in [-0.3, -0.25) is 15.0 Å². The van der Waals surface area contributed by atoms with Gasteiger partial charge >= 0.3 is 5.97 Å². The Kier molecular flexibility index (Phi) is 4.57. The van der Waals surface area contributed by atoms with Crippen LogP contribution < -0.4 is 10.4 Å². The molecule has 3 heterocycles. The lowest BCUT2D eigenvalue weighted by atomic mass is 10.0. The number of fused-ring (bicyclic) bond motifs is 1. The highest BCUT2D eigenvalue weighted by molar-refractivity contribution is 6.42. The van der Waals surface area contributed by atoms with Crippen LogP contribution in [0.2, 0.25) is 10.0 Å². The second-order valence-corrected chi connectivity index (χ2v) is 7.70. The molecule has 0 spiro atoms. The van der Waals surface area contributed by atoms with Crippen molar-refractivity contribution in [2.75, 3.05) is 5.01 Å². The van der Waals surface area contributed by atoms with Crippen LogP contribution in [0.15, 0.2) is 58.5 Å². The maximum Gasteiger partial charge on any atom is 0.338 e. The van der Waals surface area contributed by atoms with Gasteiger partial charge in [-0.15, -0.1) is 0 Å². The molecule has 2 aliphatic heterocycles. The molecule has 1 aromatic heterocycles.